The van der Waals surface area contributed by atoms with Crippen molar-refractivity contribution in [1.29, 1.82) is 5.26 Å². The molecule has 0 saturated carbocycles. The maximum absolute atomic E-state index is 13.1. The second kappa shape index (κ2) is 6.72. The van der Waals surface area contributed by atoms with E-state index in [4.69, 9.17) is 10.5 Å². The molecule has 5 heteroatoms. The first-order chi connectivity index (χ1) is 12.4. The Morgan fingerprint density at radius 2 is 1.96 bits per heavy atom. The second-order valence-corrected chi connectivity index (χ2v) is 6.86. The first-order valence-corrected chi connectivity index (χ1v) is 8.80. The van der Waals surface area contributed by atoms with Gasteiger partial charge in [-0.2, -0.15) is 5.26 Å². The van der Waals surface area contributed by atoms with Gasteiger partial charge in [0.1, 0.15) is 17.4 Å². The van der Waals surface area contributed by atoms with Crippen LogP contribution in [0.25, 0.3) is 0 Å². The highest BCUT2D eigenvalue weighted by molar-refractivity contribution is 5.55. The summed E-state index contributed by atoms with van der Waals surface area (Å²) in [7, 11) is 0. The summed E-state index contributed by atoms with van der Waals surface area (Å²) in [6, 6.07) is 12.0. The number of hydrogen-bond acceptors (Lipinski definition) is 4. The molecular weight excluding hydrogens is 326 g/mol. The largest absolute Gasteiger partial charge is 0.440 e. The van der Waals surface area contributed by atoms with Crippen LogP contribution in [0, 0.1) is 18.3 Å². The van der Waals surface area contributed by atoms with Gasteiger partial charge in [0.15, 0.2) is 0 Å². The van der Waals surface area contributed by atoms with Crippen molar-refractivity contribution in [1.82, 2.24) is 4.57 Å². The number of nitrogens with zero attached hydrogens (tertiary/aromatic N) is 2. The Hall–Kier alpha value is -3.00. The van der Waals surface area contributed by atoms with Crippen LogP contribution in [-0.2, 0) is 6.54 Å². The Morgan fingerprint density at radius 1 is 1.31 bits per heavy atom. The van der Waals surface area contributed by atoms with E-state index in [1.165, 1.54) is 5.56 Å². The third-order valence-electron chi connectivity index (χ3n) is 4.94. The lowest BCUT2D eigenvalue weighted by atomic mass is 9.83. The molecule has 0 radical (unpaired) electrons. The zero-order chi connectivity index (χ0) is 19.0. The molecule has 0 amide bonds. The third kappa shape index (κ3) is 2.78. The van der Waals surface area contributed by atoms with Crippen LogP contribution in [0.4, 0.5) is 0 Å². The average molecular weight is 349 g/mol. The van der Waals surface area contributed by atoms with Crippen molar-refractivity contribution < 1.29 is 4.74 Å². The molecule has 0 bridgehead atoms. The zero-order valence-corrected chi connectivity index (χ0v) is 15.5. The molecule has 0 saturated heterocycles. The standard InChI is InChI=1S/C21H23N3O2/c1-5-24-13(4)10-17-19(21(24)25)18(16(11-22)20(23)26-17)15-8-6-14(7-9-15)12(2)3/h6-10,12,18H,5,23H2,1-4H3/t18-/m0/s1. The lowest BCUT2D eigenvalue weighted by Crippen LogP contribution is -2.32. The van der Waals surface area contributed by atoms with Gasteiger partial charge in [0.05, 0.1) is 11.5 Å². The molecule has 1 aliphatic rings. The molecule has 0 spiro atoms. The van der Waals surface area contributed by atoms with Gasteiger partial charge < -0.3 is 15.0 Å². The molecule has 26 heavy (non-hydrogen) atoms. The minimum absolute atomic E-state index is 0.0611. The molecule has 3 rings (SSSR count). The maximum atomic E-state index is 13.1. The van der Waals surface area contributed by atoms with Crippen LogP contribution in [0.3, 0.4) is 0 Å². The van der Waals surface area contributed by atoms with E-state index in [0.29, 0.717) is 23.8 Å². The fourth-order valence-electron chi connectivity index (χ4n) is 3.49. The van der Waals surface area contributed by atoms with Gasteiger partial charge >= 0.3 is 0 Å². The summed E-state index contributed by atoms with van der Waals surface area (Å²) in [6.07, 6.45) is 0. The quantitative estimate of drug-likeness (QED) is 0.919. The summed E-state index contributed by atoms with van der Waals surface area (Å²) < 4.78 is 7.32. The molecule has 2 heterocycles. The fourth-order valence-corrected chi connectivity index (χ4v) is 3.49. The minimum atomic E-state index is -0.518. The Labute approximate surface area is 153 Å². The monoisotopic (exact) mass is 349 g/mol. The highest BCUT2D eigenvalue weighted by Gasteiger charge is 2.34. The first kappa shape index (κ1) is 17.8. The van der Waals surface area contributed by atoms with Crippen molar-refractivity contribution in [2.24, 2.45) is 5.73 Å². The normalized spacial score (nSPS) is 16.2. The van der Waals surface area contributed by atoms with E-state index in [-0.39, 0.29) is 17.0 Å². The summed E-state index contributed by atoms with van der Waals surface area (Å²) in [6.45, 7) is 8.59. The van der Waals surface area contributed by atoms with Crippen LogP contribution in [0.1, 0.15) is 55.0 Å². The van der Waals surface area contributed by atoms with Crippen molar-refractivity contribution >= 4 is 0 Å². The smallest absolute Gasteiger partial charge is 0.258 e. The summed E-state index contributed by atoms with van der Waals surface area (Å²) in [4.78, 5) is 13.1. The van der Waals surface area contributed by atoms with Crippen LogP contribution in [0.15, 0.2) is 46.6 Å². The van der Waals surface area contributed by atoms with E-state index in [1.54, 1.807) is 4.57 Å². The molecule has 1 aromatic carbocycles. The summed E-state index contributed by atoms with van der Waals surface area (Å²) in [5, 5.41) is 9.66. The molecular formula is C21H23N3O2. The van der Waals surface area contributed by atoms with Crippen molar-refractivity contribution in [2.75, 3.05) is 0 Å². The number of rotatable bonds is 3. The summed E-state index contributed by atoms with van der Waals surface area (Å²) in [5.41, 5.74) is 9.49. The van der Waals surface area contributed by atoms with E-state index < -0.39 is 5.92 Å². The first-order valence-electron chi connectivity index (χ1n) is 8.80. The summed E-state index contributed by atoms with van der Waals surface area (Å²) in [5.74, 6) is 0.385. The highest BCUT2D eigenvalue weighted by Crippen LogP contribution is 2.40. The number of allylic oxidation sites excluding steroid dienone is 1. The average Bonchev–Trinajstić information content (AvgIpc) is 2.61. The predicted molar refractivity (Wildman–Crippen MR) is 101 cm³/mol. The van der Waals surface area contributed by atoms with Gasteiger partial charge in [-0.25, -0.2) is 0 Å². The number of benzene rings is 1. The molecule has 1 aliphatic heterocycles. The number of ether oxygens (including phenoxy) is 1. The van der Waals surface area contributed by atoms with E-state index in [2.05, 4.69) is 19.9 Å². The van der Waals surface area contributed by atoms with Gasteiger partial charge in [0.25, 0.3) is 5.56 Å². The molecule has 2 N–H and O–H groups in total. The fraction of sp³-hybridized carbons (Fsp3) is 0.333. The van der Waals surface area contributed by atoms with Gasteiger partial charge in [-0.05, 0) is 30.9 Å². The molecule has 134 valence electrons. The lowest BCUT2D eigenvalue weighted by molar-refractivity contribution is 0.388. The van der Waals surface area contributed by atoms with Crippen LogP contribution in [-0.4, -0.2) is 4.57 Å². The molecule has 0 fully saturated rings. The van der Waals surface area contributed by atoms with Gasteiger partial charge in [0, 0.05) is 18.3 Å². The SMILES string of the molecule is CCn1c(C)cc2c(c1=O)[C@@H](c1ccc(C(C)C)cc1)C(C#N)=C(N)O2. The maximum Gasteiger partial charge on any atom is 0.258 e. The van der Waals surface area contributed by atoms with Gasteiger partial charge in [-0.15, -0.1) is 0 Å². The molecule has 0 aliphatic carbocycles. The minimum Gasteiger partial charge on any atom is -0.440 e. The number of aromatic nitrogens is 1. The Kier molecular flexibility index (Phi) is 4.60. The second-order valence-electron chi connectivity index (χ2n) is 6.86. The number of fused-ring (bicyclic) bond motifs is 1. The van der Waals surface area contributed by atoms with E-state index in [9.17, 15) is 10.1 Å². The number of aryl methyl sites for hydroxylation is 1. The van der Waals surface area contributed by atoms with Gasteiger partial charge in [0.2, 0.25) is 5.88 Å². The Bertz CT molecular complexity index is 976. The molecule has 0 unspecified atom stereocenters. The summed E-state index contributed by atoms with van der Waals surface area (Å²) >= 11 is 0. The van der Waals surface area contributed by atoms with E-state index in [1.807, 2.05) is 44.2 Å². The van der Waals surface area contributed by atoms with Gasteiger partial charge in [-0.3, -0.25) is 4.79 Å². The van der Waals surface area contributed by atoms with Crippen LogP contribution < -0.4 is 16.0 Å². The number of pyridine rings is 1. The predicted octanol–water partition coefficient (Wildman–Crippen LogP) is 3.52. The van der Waals surface area contributed by atoms with Gasteiger partial charge in [-0.1, -0.05) is 38.1 Å². The zero-order valence-electron chi connectivity index (χ0n) is 15.5. The van der Waals surface area contributed by atoms with Crippen LogP contribution in [0.5, 0.6) is 5.75 Å². The van der Waals surface area contributed by atoms with Crippen molar-refractivity contribution in [2.45, 2.75) is 46.1 Å². The lowest BCUT2D eigenvalue weighted by Gasteiger charge is -2.27. The Morgan fingerprint density at radius 3 is 2.50 bits per heavy atom. The van der Waals surface area contributed by atoms with Crippen molar-refractivity contribution in [3.05, 3.63) is 74.5 Å². The molecule has 2 aromatic rings. The highest BCUT2D eigenvalue weighted by atomic mass is 16.5. The van der Waals surface area contributed by atoms with Crippen molar-refractivity contribution in [3.63, 3.8) is 0 Å². The number of nitrogens with two attached hydrogens (primary N) is 1. The topological polar surface area (TPSA) is 81.0 Å². The number of hydrogen-bond donors (Lipinski definition) is 1. The molecule has 5 nitrogen and oxygen atoms in total. The van der Waals surface area contributed by atoms with Crippen LogP contribution in [0.2, 0.25) is 0 Å². The molecule has 1 atom stereocenters. The van der Waals surface area contributed by atoms with E-state index >= 15 is 0 Å². The van der Waals surface area contributed by atoms with Crippen LogP contribution >= 0.6 is 0 Å². The van der Waals surface area contributed by atoms with Crippen molar-refractivity contribution in [3.8, 4) is 11.8 Å². The Balaban J connectivity index is 2.27. The number of nitriles is 1. The third-order valence-corrected chi connectivity index (χ3v) is 4.94. The van der Waals surface area contributed by atoms with E-state index in [0.717, 1.165) is 11.3 Å². The molecule has 1 aromatic heterocycles.